The van der Waals surface area contributed by atoms with E-state index in [0.29, 0.717) is 41.7 Å². The summed E-state index contributed by atoms with van der Waals surface area (Å²) in [5, 5.41) is 8.34. The highest BCUT2D eigenvalue weighted by Crippen LogP contribution is 2.44. The number of aromatic nitrogens is 3. The van der Waals surface area contributed by atoms with Crippen LogP contribution in [0.25, 0.3) is 0 Å². The number of amides is 1. The van der Waals surface area contributed by atoms with Gasteiger partial charge in [-0.1, -0.05) is 6.58 Å². The number of rotatable bonds is 14. The molecule has 0 saturated heterocycles. The van der Waals surface area contributed by atoms with Crippen LogP contribution >= 0.6 is 0 Å². The Hall–Kier alpha value is -4.83. The number of benzene rings is 2. The molecule has 0 aliphatic carbocycles. The third-order valence-corrected chi connectivity index (χ3v) is 8.42. The van der Waals surface area contributed by atoms with Crippen molar-refractivity contribution in [2.75, 3.05) is 80.1 Å². The van der Waals surface area contributed by atoms with Crippen LogP contribution in [0.2, 0.25) is 0 Å². The highest BCUT2D eigenvalue weighted by molar-refractivity contribution is 7.93. The second-order valence-electron chi connectivity index (χ2n) is 10.6. The first-order valence-electron chi connectivity index (χ1n) is 14.1. The summed E-state index contributed by atoms with van der Waals surface area (Å²) in [6, 6.07) is 6.84. The van der Waals surface area contributed by atoms with Crippen LogP contribution in [0.15, 0.2) is 43.2 Å². The minimum Gasteiger partial charge on any atom is -0.494 e. The molecule has 0 radical (unpaired) electrons. The first kappa shape index (κ1) is 33.1. The molecule has 45 heavy (non-hydrogen) atoms. The maximum atomic E-state index is 12.8. The normalized spacial score (nSPS) is 12.4. The van der Waals surface area contributed by atoms with E-state index in [4.69, 9.17) is 14.2 Å². The fourth-order valence-corrected chi connectivity index (χ4v) is 4.87. The summed E-state index contributed by atoms with van der Waals surface area (Å²) in [5.41, 5.74) is 2.26. The number of methoxy groups -OCH3 is 1. The fourth-order valence-electron chi connectivity index (χ4n) is 4.14. The van der Waals surface area contributed by atoms with E-state index in [1.54, 1.807) is 38.1 Å². The Balaban J connectivity index is 1.67. The van der Waals surface area contributed by atoms with Crippen molar-refractivity contribution < 1.29 is 27.4 Å². The molecule has 15 nitrogen and oxygen atoms in total. The third kappa shape index (κ3) is 8.21. The molecule has 1 aromatic heterocycles. The SMILES string of the molecule is C=CC(=O)Nc1cc(Nc2ncnc(Nc3ccc4c(c3NS(=O)(=O)C(C)C)OCCO4)n2)c(OC)cc1N(C)CCN(C)C. The molecule has 0 saturated carbocycles. The Morgan fingerprint density at radius 2 is 1.73 bits per heavy atom. The van der Waals surface area contributed by atoms with Crippen molar-refractivity contribution in [1.82, 2.24) is 19.9 Å². The van der Waals surface area contributed by atoms with E-state index in [9.17, 15) is 13.2 Å². The fraction of sp³-hybridized carbons (Fsp3) is 0.379. The summed E-state index contributed by atoms with van der Waals surface area (Å²) < 4.78 is 45.3. The zero-order chi connectivity index (χ0) is 32.7. The number of sulfonamides is 1. The van der Waals surface area contributed by atoms with Gasteiger partial charge in [0, 0.05) is 26.2 Å². The predicted molar refractivity (Wildman–Crippen MR) is 175 cm³/mol. The highest BCUT2D eigenvalue weighted by atomic mass is 32.2. The van der Waals surface area contributed by atoms with Gasteiger partial charge in [0.1, 0.15) is 31.0 Å². The predicted octanol–water partition coefficient (Wildman–Crippen LogP) is 3.41. The van der Waals surface area contributed by atoms with E-state index in [2.05, 4.69) is 47.1 Å². The van der Waals surface area contributed by atoms with E-state index < -0.39 is 15.3 Å². The zero-order valence-corrected chi connectivity index (χ0v) is 27.0. The number of hydrogen-bond donors (Lipinski definition) is 4. The smallest absolute Gasteiger partial charge is 0.247 e. The van der Waals surface area contributed by atoms with Gasteiger partial charge in [0.15, 0.2) is 11.5 Å². The number of carbonyl (C=O) groups excluding carboxylic acids is 1. The molecular formula is C29H39N9O6S. The standard InChI is InChI=1S/C29H39N9O6S/c1-8-25(39)32-20-15-21(24(42-7)16-22(20)38(6)12-11-37(4)5)34-29-31-17-30-28(35-29)33-19-9-10-23-27(44-14-13-43-23)26(19)36-45(40,41)18(2)3/h8-10,15-18,36H,1,11-14H2,2-7H3,(H,32,39)(H2,30,31,33,34,35). The zero-order valence-electron chi connectivity index (χ0n) is 26.2. The number of anilines is 7. The molecule has 0 spiro atoms. The molecule has 3 aromatic rings. The van der Waals surface area contributed by atoms with E-state index in [1.165, 1.54) is 19.5 Å². The van der Waals surface area contributed by atoms with Gasteiger partial charge in [0.2, 0.25) is 27.8 Å². The largest absolute Gasteiger partial charge is 0.494 e. The van der Waals surface area contributed by atoms with E-state index in [-0.39, 0.29) is 35.8 Å². The molecule has 0 fully saturated rings. The van der Waals surface area contributed by atoms with Gasteiger partial charge in [0.25, 0.3) is 0 Å². The van der Waals surface area contributed by atoms with Crippen molar-refractivity contribution in [2.45, 2.75) is 19.1 Å². The van der Waals surface area contributed by atoms with Crippen LogP contribution in [0.3, 0.4) is 0 Å². The lowest BCUT2D eigenvalue weighted by molar-refractivity contribution is -0.111. The lowest BCUT2D eigenvalue weighted by atomic mass is 10.2. The Morgan fingerprint density at radius 1 is 1.04 bits per heavy atom. The first-order valence-corrected chi connectivity index (χ1v) is 15.6. The Labute approximate surface area is 263 Å². The molecule has 2 heterocycles. The number of nitrogens with one attached hydrogen (secondary N) is 4. The maximum absolute atomic E-state index is 12.8. The van der Waals surface area contributed by atoms with Crippen molar-refractivity contribution in [1.29, 1.82) is 0 Å². The van der Waals surface area contributed by atoms with Gasteiger partial charge in [0.05, 0.1) is 35.1 Å². The van der Waals surface area contributed by atoms with Gasteiger partial charge >= 0.3 is 0 Å². The van der Waals surface area contributed by atoms with E-state index >= 15 is 0 Å². The van der Waals surface area contributed by atoms with Gasteiger partial charge in [-0.15, -0.1) is 0 Å². The molecule has 1 aliphatic heterocycles. The average molecular weight is 642 g/mol. The van der Waals surface area contributed by atoms with Crippen LogP contribution in [0.5, 0.6) is 17.2 Å². The van der Waals surface area contributed by atoms with Gasteiger partial charge in [-0.25, -0.2) is 18.4 Å². The van der Waals surface area contributed by atoms with Gasteiger partial charge < -0.3 is 40.0 Å². The summed E-state index contributed by atoms with van der Waals surface area (Å²) in [6.07, 6.45) is 2.49. The second kappa shape index (κ2) is 14.3. The summed E-state index contributed by atoms with van der Waals surface area (Å²) in [7, 11) is 3.69. The lowest BCUT2D eigenvalue weighted by Crippen LogP contribution is -2.29. The molecule has 0 unspecified atom stereocenters. The van der Waals surface area contributed by atoms with Gasteiger partial charge in [-0.2, -0.15) is 4.98 Å². The van der Waals surface area contributed by atoms with E-state index in [1.807, 2.05) is 26.0 Å². The van der Waals surface area contributed by atoms with Gasteiger partial charge in [-0.05, 0) is 52.2 Å². The molecule has 2 aromatic carbocycles. The molecule has 4 rings (SSSR count). The number of ether oxygens (including phenoxy) is 3. The third-order valence-electron chi connectivity index (χ3n) is 6.69. The van der Waals surface area contributed by atoms with Crippen LogP contribution in [-0.4, -0.2) is 94.0 Å². The maximum Gasteiger partial charge on any atom is 0.247 e. The minimum absolute atomic E-state index is 0.119. The molecule has 0 atom stereocenters. The summed E-state index contributed by atoms with van der Waals surface area (Å²) >= 11 is 0. The molecule has 242 valence electrons. The van der Waals surface area contributed by atoms with Crippen molar-refractivity contribution in [3.05, 3.63) is 43.2 Å². The molecule has 1 amide bonds. The number of carbonyl (C=O) groups is 1. The van der Waals surface area contributed by atoms with Crippen LogP contribution in [0, 0.1) is 0 Å². The van der Waals surface area contributed by atoms with Gasteiger partial charge in [-0.3, -0.25) is 9.52 Å². The Kier molecular flexibility index (Phi) is 10.5. The second-order valence-corrected chi connectivity index (χ2v) is 12.8. The van der Waals surface area contributed by atoms with Crippen molar-refractivity contribution in [3.8, 4) is 17.2 Å². The lowest BCUT2D eigenvalue weighted by Gasteiger charge is -2.26. The van der Waals surface area contributed by atoms with Crippen LogP contribution in [0.1, 0.15) is 13.8 Å². The number of likely N-dealkylation sites (N-methyl/N-ethyl adjacent to an activating group) is 2. The van der Waals surface area contributed by atoms with Crippen LogP contribution in [0.4, 0.5) is 40.3 Å². The number of nitrogens with zero attached hydrogens (tertiary/aromatic N) is 5. The van der Waals surface area contributed by atoms with Crippen molar-refractivity contribution >= 4 is 56.3 Å². The number of hydrogen-bond acceptors (Lipinski definition) is 13. The monoisotopic (exact) mass is 641 g/mol. The molecule has 16 heteroatoms. The Morgan fingerprint density at radius 3 is 2.38 bits per heavy atom. The van der Waals surface area contributed by atoms with Crippen molar-refractivity contribution in [3.63, 3.8) is 0 Å². The van der Waals surface area contributed by atoms with E-state index in [0.717, 1.165) is 12.2 Å². The summed E-state index contributed by atoms with van der Waals surface area (Å²) in [6.45, 7) is 8.78. The summed E-state index contributed by atoms with van der Waals surface area (Å²) in [5.74, 6) is 1.05. The van der Waals surface area contributed by atoms with Crippen LogP contribution in [-0.2, 0) is 14.8 Å². The van der Waals surface area contributed by atoms with Crippen molar-refractivity contribution in [2.24, 2.45) is 0 Å². The quantitative estimate of drug-likeness (QED) is 0.189. The summed E-state index contributed by atoms with van der Waals surface area (Å²) in [4.78, 5) is 29.3. The molecule has 4 N–H and O–H groups in total. The molecule has 0 bridgehead atoms. The highest BCUT2D eigenvalue weighted by Gasteiger charge is 2.26. The topological polar surface area (TPSA) is 172 Å². The Bertz CT molecular complexity index is 1650. The number of fused-ring (bicyclic) bond motifs is 1. The minimum atomic E-state index is -3.74. The average Bonchev–Trinajstić information content (AvgIpc) is 3.01. The molecule has 1 aliphatic rings. The molecular weight excluding hydrogens is 602 g/mol. The van der Waals surface area contributed by atoms with Crippen LogP contribution < -0.4 is 39.8 Å². The first-order chi connectivity index (χ1) is 21.4.